The van der Waals surface area contributed by atoms with Crippen LogP contribution in [-0.2, 0) is 13.0 Å². The molecule has 0 saturated heterocycles. The van der Waals surface area contributed by atoms with Crippen LogP contribution in [0.2, 0.25) is 0 Å². The van der Waals surface area contributed by atoms with Gasteiger partial charge in [0, 0.05) is 24.0 Å². The highest BCUT2D eigenvalue weighted by Crippen LogP contribution is 2.18. The first-order valence-electron chi connectivity index (χ1n) is 8.40. The van der Waals surface area contributed by atoms with Gasteiger partial charge in [-0.25, -0.2) is 18.8 Å². The van der Waals surface area contributed by atoms with E-state index in [0.717, 1.165) is 10.7 Å². The molecule has 1 aromatic carbocycles. The molecule has 0 saturated carbocycles. The van der Waals surface area contributed by atoms with Gasteiger partial charge in [-0.3, -0.25) is 0 Å². The van der Waals surface area contributed by atoms with Crippen molar-refractivity contribution >= 4 is 17.3 Å². The number of rotatable bonds is 7. The topological polar surface area (TPSA) is 49.3 Å². The summed E-state index contributed by atoms with van der Waals surface area (Å²) in [5.41, 5.74) is 1.16. The number of halogens is 2. The maximum atomic E-state index is 13.6. The van der Waals surface area contributed by atoms with Crippen molar-refractivity contribution in [3.05, 3.63) is 51.5 Å². The van der Waals surface area contributed by atoms with E-state index >= 15 is 0 Å². The molecule has 136 valence electrons. The molecule has 1 aromatic heterocycles. The van der Waals surface area contributed by atoms with Gasteiger partial charge in [-0.05, 0) is 31.4 Å². The van der Waals surface area contributed by atoms with Crippen molar-refractivity contribution < 1.29 is 8.78 Å². The van der Waals surface area contributed by atoms with Crippen LogP contribution in [0.1, 0.15) is 43.0 Å². The molecule has 0 bridgehead atoms. The van der Waals surface area contributed by atoms with E-state index in [2.05, 4.69) is 39.8 Å². The Balaban J connectivity index is 1.93. The van der Waals surface area contributed by atoms with E-state index in [1.807, 2.05) is 6.92 Å². The van der Waals surface area contributed by atoms with Gasteiger partial charge in [0.05, 0.1) is 12.2 Å². The molecule has 1 heterocycles. The fourth-order valence-corrected chi connectivity index (χ4v) is 3.11. The number of benzene rings is 1. The maximum Gasteiger partial charge on any atom is 0.191 e. The molecular formula is C18H24F2N4S. The van der Waals surface area contributed by atoms with Crippen LogP contribution in [0, 0.1) is 11.6 Å². The molecule has 0 spiro atoms. The minimum absolute atomic E-state index is 0.0901. The molecule has 0 fully saturated rings. The van der Waals surface area contributed by atoms with Crippen molar-refractivity contribution in [1.29, 1.82) is 0 Å². The van der Waals surface area contributed by atoms with Gasteiger partial charge < -0.3 is 10.6 Å². The fourth-order valence-electron chi connectivity index (χ4n) is 2.23. The number of aliphatic imine (C=N–C) groups is 1. The monoisotopic (exact) mass is 366 g/mol. The zero-order valence-corrected chi connectivity index (χ0v) is 15.6. The lowest BCUT2D eigenvalue weighted by Gasteiger charge is -2.11. The molecule has 0 atom stereocenters. The third kappa shape index (κ3) is 5.77. The summed E-state index contributed by atoms with van der Waals surface area (Å²) in [5.74, 6) is -0.0305. The Morgan fingerprint density at radius 2 is 1.96 bits per heavy atom. The van der Waals surface area contributed by atoms with E-state index in [-0.39, 0.29) is 12.0 Å². The van der Waals surface area contributed by atoms with Gasteiger partial charge >= 0.3 is 0 Å². The molecule has 25 heavy (non-hydrogen) atoms. The third-order valence-electron chi connectivity index (χ3n) is 3.61. The van der Waals surface area contributed by atoms with Gasteiger partial charge in [0.25, 0.3) is 0 Å². The SMILES string of the molecule is CCNC(=NCc1nc(C(C)C)cs1)NCCc1c(F)cccc1F. The maximum absolute atomic E-state index is 13.6. The number of hydrogen-bond donors (Lipinski definition) is 2. The van der Waals surface area contributed by atoms with Crippen molar-refractivity contribution in [3.8, 4) is 0 Å². The zero-order valence-electron chi connectivity index (χ0n) is 14.8. The van der Waals surface area contributed by atoms with Crippen LogP contribution in [0.15, 0.2) is 28.6 Å². The van der Waals surface area contributed by atoms with E-state index in [0.29, 0.717) is 31.5 Å². The van der Waals surface area contributed by atoms with Crippen molar-refractivity contribution in [1.82, 2.24) is 15.6 Å². The van der Waals surface area contributed by atoms with Gasteiger partial charge in [0.2, 0.25) is 0 Å². The van der Waals surface area contributed by atoms with Gasteiger partial charge in [-0.2, -0.15) is 0 Å². The van der Waals surface area contributed by atoms with Crippen LogP contribution in [0.3, 0.4) is 0 Å². The molecule has 2 rings (SSSR count). The molecule has 0 aliphatic carbocycles. The summed E-state index contributed by atoms with van der Waals surface area (Å²) in [6.07, 6.45) is 0.248. The molecule has 0 amide bonds. The molecule has 0 aliphatic rings. The van der Waals surface area contributed by atoms with Gasteiger partial charge in [0.15, 0.2) is 5.96 Å². The Kier molecular flexibility index (Phi) is 7.31. The van der Waals surface area contributed by atoms with Crippen molar-refractivity contribution in [2.75, 3.05) is 13.1 Å². The van der Waals surface area contributed by atoms with E-state index in [4.69, 9.17) is 0 Å². The van der Waals surface area contributed by atoms with Crippen molar-refractivity contribution in [3.63, 3.8) is 0 Å². The number of aromatic nitrogens is 1. The average Bonchev–Trinajstić information content (AvgIpc) is 3.04. The minimum atomic E-state index is -0.521. The highest BCUT2D eigenvalue weighted by molar-refractivity contribution is 7.09. The predicted octanol–water partition coefficient (Wildman–Crippen LogP) is 3.84. The molecule has 0 unspecified atom stereocenters. The number of hydrogen-bond acceptors (Lipinski definition) is 3. The summed E-state index contributed by atoms with van der Waals surface area (Å²) in [5, 5.41) is 9.23. The molecule has 4 nitrogen and oxygen atoms in total. The quantitative estimate of drug-likeness (QED) is 0.578. The largest absolute Gasteiger partial charge is 0.357 e. The lowest BCUT2D eigenvalue weighted by atomic mass is 10.1. The molecule has 2 N–H and O–H groups in total. The first-order chi connectivity index (χ1) is 12.0. The summed E-state index contributed by atoms with van der Waals surface area (Å²) in [7, 11) is 0. The predicted molar refractivity (Wildman–Crippen MR) is 99.1 cm³/mol. The summed E-state index contributed by atoms with van der Waals surface area (Å²) in [6, 6.07) is 3.91. The van der Waals surface area contributed by atoms with E-state index < -0.39 is 11.6 Å². The molecule has 0 aliphatic heterocycles. The normalized spacial score (nSPS) is 11.8. The number of thiazole rings is 1. The van der Waals surface area contributed by atoms with Crippen molar-refractivity contribution in [2.45, 2.75) is 39.7 Å². The molecule has 0 radical (unpaired) electrons. The van der Waals surface area contributed by atoms with Crippen LogP contribution >= 0.6 is 11.3 Å². The smallest absolute Gasteiger partial charge is 0.191 e. The Morgan fingerprint density at radius 1 is 1.24 bits per heavy atom. The van der Waals surface area contributed by atoms with Gasteiger partial charge in [0.1, 0.15) is 16.6 Å². The molecular weight excluding hydrogens is 342 g/mol. The standard InChI is InChI=1S/C18H24F2N4S/c1-4-21-18(23-10-17-24-16(11-25-17)12(2)3)22-9-8-13-14(19)6-5-7-15(13)20/h5-7,11-12H,4,8-10H2,1-3H3,(H2,21,22,23). The molecule has 7 heteroatoms. The van der Waals surface area contributed by atoms with E-state index in [1.54, 1.807) is 11.3 Å². The van der Waals surface area contributed by atoms with Crippen LogP contribution < -0.4 is 10.6 Å². The lowest BCUT2D eigenvalue weighted by Crippen LogP contribution is -2.38. The Hall–Kier alpha value is -2.02. The van der Waals surface area contributed by atoms with Crippen LogP contribution in [-0.4, -0.2) is 24.0 Å². The summed E-state index contributed by atoms with van der Waals surface area (Å²) in [6.45, 7) is 7.74. The van der Waals surface area contributed by atoms with E-state index in [1.165, 1.54) is 18.2 Å². The highest BCUT2D eigenvalue weighted by Gasteiger charge is 2.09. The first-order valence-corrected chi connectivity index (χ1v) is 9.28. The summed E-state index contributed by atoms with van der Waals surface area (Å²) in [4.78, 5) is 9.04. The lowest BCUT2D eigenvalue weighted by molar-refractivity contribution is 0.553. The van der Waals surface area contributed by atoms with Gasteiger partial charge in [-0.1, -0.05) is 19.9 Å². The molecule has 2 aromatic rings. The second-order valence-electron chi connectivity index (χ2n) is 5.89. The van der Waals surface area contributed by atoms with Crippen LogP contribution in [0.4, 0.5) is 8.78 Å². The minimum Gasteiger partial charge on any atom is -0.357 e. The van der Waals surface area contributed by atoms with Crippen molar-refractivity contribution in [2.24, 2.45) is 4.99 Å². The van der Waals surface area contributed by atoms with Crippen LogP contribution in [0.25, 0.3) is 0 Å². The number of guanidine groups is 1. The average molecular weight is 366 g/mol. The Labute approximate surface area is 151 Å². The second-order valence-corrected chi connectivity index (χ2v) is 6.84. The van der Waals surface area contributed by atoms with Gasteiger partial charge in [-0.15, -0.1) is 11.3 Å². The summed E-state index contributed by atoms with van der Waals surface area (Å²) >= 11 is 1.59. The third-order valence-corrected chi connectivity index (χ3v) is 4.46. The van der Waals surface area contributed by atoms with Crippen LogP contribution in [0.5, 0.6) is 0 Å². The number of nitrogens with zero attached hydrogens (tertiary/aromatic N) is 2. The Bertz CT molecular complexity index is 693. The van der Waals surface area contributed by atoms with E-state index in [9.17, 15) is 8.78 Å². The fraction of sp³-hybridized carbons (Fsp3) is 0.444. The second kappa shape index (κ2) is 9.46. The Morgan fingerprint density at radius 3 is 2.56 bits per heavy atom. The highest BCUT2D eigenvalue weighted by atomic mass is 32.1. The number of nitrogens with one attached hydrogen (secondary N) is 2. The zero-order chi connectivity index (χ0) is 18.2. The first kappa shape index (κ1) is 19.3. The summed E-state index contributed by atoms with van der Waals surface area (Å²) < 4.78 is 27.3.